The van der Waals surface area contributed by atoms with Crippen LogP contribution in [0.1, 0.15) is 55.1 Å². The highest BCUT2D eigenvalue weighted by Gasteiger charge is 2.44. The SMILES string of the molecule is CC[C@]1(O)[C@H](C)C[C@H](c2ccncc2NC(=O)c2ccc(F)c(-c3c(F)cccc3P)n2)C[C@@H]1N. The Morgan fingerprint density at radius 2 is 2.00 bits per heavy atom. The predicted molar refractivity (Wildman–Crippen MR) is 135 cm³/mol. The number of hydrogen-bond acceptors (Lipinski definition) is 5. The molecule has 6 nitrogen and oxygen atoms in total. The number of carbonyl (C=O) groups excluding carboxylic acids is 1. The van der Waals surface area contributed by atoms with Crippen molar-refractivity contribution in [1.29, 1.82) is 0 Å². The van der Waals surface area contributed by atoms with E-state index in [9.17, 15) is 18.7 Å². The van der Waals surface area contributed by atoms with E-state index in [1.165, 1.54) is 18.2 Å². The Morgan fingerprint density at radius 3 is 2.69 bits per heavy atom. The average Bonchev–Trinajstić information content (AvgIpc) is 2.83. The summed E-state index contributed by atoms with van der Waals surface area (Å²) in [5.74, 6) is -1.95. The highest BCUT2D eigenvalue weighted by atomic mass is 31.0. The number of aliphatic hydroxyl groups is 1. The number of anilines is 1. The summed E-state index contributed by atoms with van der Waals surface area (Å²) in [5.41, 5.74) is 6.48. The Bertz CT molecular complexity index is 1220. The predicted octanol–water partition coefficient (Wildman–Crippen LogP) is 4.16. The van der Waals surface area contributed by atoms with Gasteiger partial charge in [0.1, 0.15) is 23.0 Å². The fourth-order valence-electron chi connectivity index (χ4n) is 5.05. The van der Waals surface area contributed by atoms with Crippen molar-refractivity contribution in [3.8, 4) is 11.3 Å². The van der Waals surface area contributed by atoms with Crippen molar-refractivity contribution in [2.75, 3.05) is 5.32 Å². The van der Waals surface area contributed by atoms with Gasteiger partial charge in [0.05, 0.1) is 17.5 Å². The Balaban J connectivity index is 1.62. The van der Waals surface area contributed by atoms with Crippen molar-refractivity contribution in [3.05, 3.63) is 71.7 Å². The molecule has 35 heavy (non-hydrogen) atoms. The van der Waals surface area contributed by atoms with Crippen LogP contribution in [0, 0.1) is 17.6 Å². The number of pyridine rings is 2. The molecule has 5 atom stereocenters. The summed E-state index contributed by atoms with van der Waals surface area (Å²) in [6.45, 7) is 3.92. The first-order valence-corrected chi connectivity index (χ1v) is 12.2. The Kier molecular flexibility index (Phi) is 7.27. The minimum Gasteiger partial charge on any atom is -0.388 e. The second-order valence-corrected chi connectivity index (χ2v) is 9.79. The van der Waals surface area contributed by atoms with Gasteiger partial charge in [-0.25, -0.2) is 13.8 Å². The van der Waals surface area contributed by atoms with E-state index in [0.717, 1.165) is 11.6 Å². The van der Waals surface area contributed by atoms with Gasteiger partial charge in [-0.1, -0.05) is 26.0 Å². The molecule has 1 aliphatic carbocycles. The third-order valence-electron chi connectivity index (χ3n) is 7.14. The monoisotopic (exact) mass is 498 g/mol. The summed E-state index contributed by atoms with van der Waals surface area (Å²) in [7, 11) is 2.35. The number of rotatable bonds is 5. The van der Waals surface area contributed by atoms with E-state index in [2.05, 4.69) is 24.5 Å². The molecule has 0 bridgehead atoms. The number of carbonyl (C=O) groups is 1. The summed E-state index contributed by atoms with van der Waals surface area (Å²) in [6, 6.07) is 8.14. The zero-order valence-corrected chi connectivity index (χ0v) is 20.8. The second kappa shape index (κ2) is 10.1. The molecule has 0 spiro atoms. The van der Waals surface area contributed by atoms with Crippen molar-refractivity contribution >= 4 is 26.1 Å². The van der Waals surface area contributed by atoms with Gasteiger partial charge in [-0.2, -0.15) is 0 Å². The first kappa shape index (κ1) is 25.3. The zero-order chi connectivity index (χ0) is 25.3. The van der Waals surface area contributed by atoms with E-state index >= 15 is 0 Å². The van der Waals surface area contributed by atoms with Gasteiger partial charge in [0, 0.05) is 17.8 Å². The largest absolute Gasteiger partial charge is 0.388 e. The van der Waals surface area contributed by atoms with Crippen LogP contribution in [-0.4, -0.2) is 32.6 Å². The lowest BCUT2D eigenvalue weighted by molar-refractivity contribution is -0.0651. The van der Waals surface area contributed by atoms with Gasteiger partial charge in [0.25, 0.3) is 5.91 Å². The number of amides is 1. The standard InChI is InChI=1S/C26H29F2N4O2P/c1-3-26(34)14(2)11-15(12-22(26)29)16-9-10-30-13-20(16)32-25(33)19-8-7-18(28)24(31-19)23-17(27)5-4-6-21(23)35/h4-10,13-15,22,34H,3,11-12,29,35H2,1-2H3,(H,32,33)/t14-,15+,22+,26+/m1/s1. The van der Waals surface area contributed by atoms with Gasteiger partial charge in [0.2, 0.25) is 0 Å². The molecule has 1 aromatic carbocycles. The van der Waals surface area contributed by atoms with E-state index in [1.807, 2.05) is 19.9 Å². The molecule has 3 aromatic rings. The molecular weight excluding hydrogens is 469 g/mol. The minimum atomic E-state index is -0.926. The van der Waals surface area contributed by atoms with E-state index in [4.69, 9.17) is 5.73 Å². The van der Waals surface area contributed by atoms with Crippen LogP contribution in [-0.2, 0) is 0 Å². The summed E-state index contributed by atoms with van der Waals surface area (Å²) >= 11 is 0. The van der Waals surface area contributed by atoms with Crippen LogP contribution in [0.25, 0.3) is 11.3 Å². The highest BCUT2D eigenvalue weighted by molar-refractivity contribution is 7.28. The van der Waals surface area contributed by atoms with Gasteiger partial charge in [-0.3, -0.25) is 9.78 Å². The molecule has 2 heterocycles. The average molecular weight is 499 g/mol. The van der Waals surface area contributed by atoms with Gasteiger partial charge >= 0.3 is 0 Å². The third-order valence-corrected chi connectivity index (χ3v) is 7.62. The molecule has 0 radical (unpaired) electrons. The topological polar surface area (TPSA) is 101 Å². The Hall–Kier alpha value is -2.80. The molecule has 2 aromatic heterocycles. The molecule has 0 saturated heterocycles. The molecular formula is C26H29F2N4O2P. The van der Waals surface area contributed by atoms with E-state index in [0.29, 0.717) is 30.3 Å². The number of benzene rings is 1. The molecule has 1 saturated carbocycles. The summed E-state index contributed by atoms with van der Waals surface area (Å²) in [4.78, 5) is 21.4. The number of hydrogen-bond donors (Lipinski definition) is 3. The number of nitrogens with one attached hydrogen (secondary N) is 1. The van der Waals surface area contributed by atoms with Crippen LogP contribution >= 0.6 is 9.24 Å². The minimum absolute atomic E-state index is 0.0136. The molecule has 9 heteroatoms. The smallest absolute Gasteiger partial charge is 0.274 e. The van der Waals surface area contributed by atoms with Crippen LogP contribution in [0.3, 0.4) is 0 Å². The maximum absolute atomic E-state index is 14.6. The molecule has 0 aliphatic heterocycles. The lowest BCUT2D eigenvalue weighted by atomic mass is 9.66. The Labute approximate surface area is 205 Å². The Morgan fingerprint density at radius 1 is 1.23 bits per heavy atom. The molecule has 184 valence electrons. The third kappa shape index (κ3) is 4.83. The van der Waals surface area contributed by atoms with Gasteiger partial charge < -0.3 is 16.2 Å². The zero-order valence-electron chi connectivity index (χ0n) is 19.6. The lowest BCUT2D eigenvalue weighted by Gasteiger charge is -2.46. The highest BCUT2D eigenvalue weighted by Crippen LogP contribution is 2.44. The van der Waals surface area contributed by atoms with Crippen LogP contribution < -0.4 is 16.4 Å². The van der Waals surface area contributed by atoms with Crippen molar-refractivity contribution < 1.29 is 18.7 Å². The van der Waals surface area contributed by atoms with E-state index in [1.54, 1.807) is 18.5 Å². The fraction of sp³-hybridized carbons (Fsp3) is 0.346. The maximum atomic E-state index is 14.6. The first-order valence-electron chi connectivity index (χ1n) is 11.6. The number of nitrogens with two attached hydrogens (primary N) is 1. The van der Waals surface area contributed by atoms with E-state index in [-0.39, 0.29) is 28.8 Å². The van der Waals surface area contributed by atoms with Gasteiger partial charge in [-0.05, 0) is 66.2 Å². The van der Waals surface area contributed by atoms with Crippen molar-refractivity contribution in [1.82, 2.24) is 9.97 Å². The summed E-state index contributed by atoms with van der Waals surface area (Å²) in [6.07, 6.45) is 5.03. The second-order valence-electron chi connectivity index (χ2n) is 9.17. The van der Waals surface area contributed by atoms with Crippen molar-refractivity contribution in [3.63, 3.8) is 0 Å². The summed E-state index contributed by atoms with van der Waals surface area (Å²) < 4.78 is 29.0. The normalized spacial score (nSPS) is 24.3. The van der Waals surface area contributed by atoms with Crippen LogP contribution in [0.2, 0.25) is 0 Å². The van der Waals surface area contributed by atoms with Crippen molar-refractivity contribution in [2.45, 2.75) is 50.7 Å². The number of nitrogens with zero attached hydrogens (tertiary/aromatic N) is 2. The summed E-state index contributed by atoms with van der Waals surface area (Å²) in [5, 5.41) is 14.2. The van der Waals surface area contributed by atoms with Crippen LogP contribution in [0.15, 0.2) is 48.8 Å². The molecule has 1 unspecified atom stereocenters. The quantitative estimate of drug-likeness (QED) is 0.459. The maximum Gasteiger partial charge on any atom is 0.274 e. The molecule has 4 rings (SSSR count). The number of halogens is 2. The van der Waals surface area contributed by atoms with Crippen molar-refractivity contribution in [2.24, 2.45) is 11.7 Å². The first-order chi connectivity index (χ1) is 16.7. The van der Waals surface area contributed by atoms with E-state index < -0.39 is 29.2 Å². The molecule has 1 fully saturated rings. The molecule has 4 N–H and O–H groups in total. The van der Waals surface area contributed by atoms with Crippen LogP contribution in [0.5, 0.6) is 0 Å². The van der Waals surface area contributed by atoms with Gasteiger partial charge in [-0.15, -0.1) is 9.24 Å². The van der Waals surface area contributed by atoms with Crippen LogP contribution in [0.4, 0.5) is 14.5 Å². The van der Waals surface area contributed by atoms with Gasteiger partial charge in [0.15, 0.2) is 0 Å². The fourth-order valence-corrected chi connectivity index (χ4v) is 5.44. The lowest BCUT2D eigenvalue weighted by Crippen LogP contribution is -2.56. The molecule has 1 amide bonds. The molecule has 1 aliphatic rings. The number of aromatic nitrogens is 2.